The highest BCUT2D eigenvalue weighted by Crippen LogP contribution is 2.29. The molecule has 0 saturated heterocycles. The van der Waals surface area contributed by atoms with Gasteiger partial charge in [0.1, 0.15) is 11.3 Å². The predicted molar refractivity (Wildman–Crippen MR) is 82.7 cm³/mol. The smallest absolute Gasteiger partial charge is 0.339 e. The highest BCUT2D eigenvalue weighted by atomic mass is 16.4. The van der Waals surface area contributed by atoms with Crippen molar-refractivity contribution in [1.82, 2.24) is 5.32 Å². The van der Waals surface area contributed by atoms with E-state index < -0.39 is 0 Å². The minimum absolute atomic E-state index is 0.180. The van der Waals surface area contributed by atoms with E-state index in [0.29, 0.717) is 29.3 Å². The van der Waals surface area contributed by atoms with Crippen LogP contribution in [0.3, 0.4) is 0 Å². The summed E-state index contributed by atoms with van der Waals surface area (Å²) in [4.78, 5) is 11.9. The van der Waals surface area contributed by atoms with Crippen LogP contribution in [-0.2, 0) is 6.54 Å². The molecule has 1 aromatic heterocycles. The van der Waals surface area contributed by atoms with E-state index in [1.54, 1.807) is 13.0 Å². The second-order valence-electron chi connectivity index (χ2n) is 5.94. The van der Waals surface area contributed by atoms with Gasteiger partial charge in [0.15, 0.2) is 0 Å². The zero-order valence-corrected chi connectivity index (χ0v) is 12.5. The molecule has 1 aromatic carbocycles. The summed E-state index contributed by atoms with van der Waals surface area (Å²) in [6.45, 7) is 4.21. The molecule has 4 heteroatoms. The van der Waals surface area contributed by atoms with Crippen molar-refractivity contribution >= 4 is 11.0 Å². The van der Waals surface area contributed by atoms with Crippen LogP contribution in [0, 0.1) is 13.8 Å². The first-order valence-corrected chi connectivity index (χ1v) is 7.56. The van der Waals surface area contributed by atoms with E-state index in [9.17, 15) is 9.90 Å². The molecule has 0 spiro atoms. The summed E-state index contributed by atoms with van der Waals surface area (Å²) < 4.78 is 5.44. The molecule has 3 rings (SSSR count). The number of benzene rings is 1. The highest BCUT2D eigenvalue weighted by Gasteiger charge is 2.18. The van der Waals surface area contributed by atoms with Crippen LogP contribution in [0.1, 0.15) is 42.4 Å². The van der Waals surface area contributed by atoms with Crippen molar-refractivity contribution < 1.29 is 9.52 Å². The van der Waals surface area contributed by atoms with Gasteiger partial charge in [0.25, 0.3) is 0 Å². The summed E-state index contributed by atoms with van der Waals surface area (Å²) in [5.74, 6) is 0.180. The minimum Gasteiger partial charge on any atom is -0.507 e. The largest absolute Gasteiger partial charge is 0.507 e. The lowest BCUT2D eigenvalue weighted by Crippen LogP contribution is -2.25. The number of rotatable bonds is 3. The molecule has 0 aliphatic heterocycles. The van der Waals surface area contributed by atoms with Crippen molar-refractivity contribution in [2.75, 3.05) is 0 Å². The van der Waals surface area contributed by atoms with E-state index in [1.165, 1.54) is 25.7 Å². The summed E-state index contributed by atoms with van der Waals surface area (Å²) in [7, 11) is 0. The third kappa shape index (κ3) is 2.56. The Labute approximate surface area is 123 Å². The molecule has 1 aliphatic rings. The van der Waals surface area contributed by atoms with Crippen molar-refractivity contribution in [2.45, 2.75) is 52.1 Å². The molecule has 1 aliphatic carbocycles. The average Bonchev–Trinajstić information content (AvgIpc) is 2.97. The van der Waals surface area contributed by atoms with Gasteiger partial charge in [-0.2, -0.15) is 0 Å². The Morgan fingerprint density at radius 1 is 1.24 bits per heavy atom. The van der Waals surface area contributed by atoms with Crippen LogP contribution in [0.25, 0.3) is 11.0 Å². The fourth-order valence-electron chi connectivity index (χ4n) is 3.10. The Balaban J connectivity index is 2.03. The van der Waals surface area contributed by atoms with Crippen LogP contribution in [0.4, 0.5) is 0 Å². The molecule has 0 atom stereocenters. The lowest BCUT2D eigenvalue weighted by Gasteiger charge is -2.14. The van der Waals surface area contributed by atoms with Gasteiger partial charge >= 0.3 is 5.63 Å². The first-order chi connectivity index (χ1) is 10.1. The Morgan fingerprint density at radius 3 is 2.67 bits per heavy atom. The van der Waals surface area contributed by atoms with Crippen molar-refractivity contribution in [3.63, 3.8) is 0 Å². The lowest BCUT2D eigenvalue weighted by molar-refractivity contribution is 0.451. The van der Waals surface area contributed by atoms with Gasteiger partial charge in [-0.1, -0.05) is 12.8 Å². The van der Waals surface area contributed by atoms with Gasteiger partial charge < -0.3 is 14.8 Å². The molecule has 0 radical (unpaired) electrons. The molecule has 112 valence electrons. The van der Waals surface area contributed by atoms with E-state index in [4.69, 9.17) is 4.42 Å². The average molecular weight is 287 g/mol. The molecule has 4 nitrogen and oxygen atoms in total. The summed E-state index contributed by atoms with van der Waals surface area (Å²) in [5, 5.41) is 14.5. The van der Waals surface area contributed by atoms with E-state index in [1.807, 2.05) is 13.0 Å². The van der Waals surface area contributed by atoms with Crippen molar-refractivity contribution in [3.8, 4) is 5.75 Å². The van der Waals surface area contributed by atoms with Crippen molar-refractivity contribution in [1.29, 1.82) is 0 Å². The quantitative estimate of drug-likeness (QED) is 0.851. The van der Waals surface area contributed by atoms with Crippen molar-refractivity contribution in [2.24, 2.45) is 0 Å². The SMILES string of the molecule is Cc1c(C)c2ccc(O)c(CNC3CCCC3)c2oc1=O. The van der Waals surface area contributed by atoms with E-state index >= 15 is 0 Å². The van der Waals surface area contributed by atoms with Gasteiger partial charge in [0, 0.05) is 23.5 Å². The molecule has 1 heterocycles. The van der Waals surface area contributed by atoms with Crippen LogP contribution >= 0.6 is 0 Å². The zero-order chi connectivity index (χ0) is 15.0. The van der Waals surface area contributed by atoms with E-state index in [-0.39, 0.29) is 11.4 Å². The predicted octanol–water partition coefficient (Wildman–Crippen LogP) is 3.15. The summed E-state index contributed by atoms with van der Waals surface area (Å²) in [6, 6.07) is 3.99. The van der Waals surface area contributed by atoms with Crippen LogP contribution in [0.15, 0.2) is 21.3 Å². The standard InChI is InChI=1S/C17H21NO3/c1-10-11(2)17(20)21-16-13(10)7-8-15(19)14(16)9-18-12-5-3-4-6-12/h7-8,12,18-19H,3-6,9H2,1-2H3. The molecular formula is C17H21NO3. The molecule has 0 bridgehead atoms. The second-order valence-corrected chi connectivity index (χ2v) is 5.94. The van der Waals surface area contributed by atoms with Crippen molar-refractivity contribution in [3.05, 3.63) is 39.2 Å². The maximum Gasteiger partial charge on any atom is 0.339 e. The summed E-state index contributed by atoms with van der Waals surface area (Å²) >= 11 is 0. The van der Waals surface area contributed by atoms with Crippen LogP contribution in [0.5, 0.6) is 5.75 Å². The molecule has 2 aromatic rings. The molecular weight excluding hydrogens is 266 g/mol. The van der Waals surface area contributed by atoms with Crippen LogP contribution in [0.2, 0.25) is 0 Å². The van der Waals surface area contributed by atoms with Crippen LogP contribution < -0.4 is 10.9 Å². The second kappa shape index (κ2) is 5.53. The third-order valence-electron chi connectivity index (χ3n) is 4.63. The fourth-order valence-corrected chi connectivity index (χ4v) is 3.10. The van der Waals surface area contributed by atoms with E-state index in [2.05, 4.69) is 5.32 Å². The topological polar surface area (TPSA) is 62.5 Å². The molecule has 1 fully saturated rings. The third-order valence-corrected chi connectivity index (χ3v) is 4.63. The number of aromatic hydroxyl groups is 1. The first-order valence-electron chi connectivity index (χ1n) is 7.56. The van der Waals surface area contributed by atoms with Gasteiger partial charge in [0.05, 0.1) is 5.56 Å². The molecule has 1 saturated carbocycles. The number of phenolic OH excluding ortho intramolecular Hbond substituents is 1. The summed E-state index contributed by atoms with van der Waals surface area (Å²) in [6.07, 6.45) is 4.86. The highest BCUT2D eigenvalue weighted by molar-refractivity contribution is 5.85. The Kier molecular flexibility index (Phi) is 3.72. The summed E-state index contributed by atoms with van der Waals surface area (Å²) in [5.41, 5.74) is 2.41. The Hall–Kier alpha value is -1.81. The number of nitrogens with one attached hydrogen (secondary N) is 1. The Bertz CT molecular complexity index is 727. The minimum atomic E-state index is -0.326. The molecule has 0 amide bonds. The number of hydrogen-bond donors (Lipinski definition) is 2. The lowest BCUT2D eigenvalue weighted by atomic mass is 10.0. The van der Waals surface area contributed by atoms with Gasteiger partial charge in [0.2, 0.25) is 0 Å². The van der Waals surface area contributed by atoms with Gasteiger partial charge in [-0.3, -0.25) is 0 Å². The van der Waals surface area contributed by atoms with Gasteiger partial charge in [-0.25, -0.2) is 4.79 Å². The Morgan fingerprint density at radius 2 is 1.95 bits per heavy atom. The first kappa shape index (κ1) is 14.1. The maximum atomic E-state index is 11.9. The zero-order valence-electron chi connectivity index (χ0n) is 12.5. The fraction of sp³-hybridized carbons (Fsp3) is 0.471. The monoisotopic (exact) mass is 287 g/mol. The number of hydrogen-bond acceptors (Lipinski definition) is 4. The molecule has 0 unspecified atom stereocenters. The molecule has 21 heavy (non-hydrogen) atoms. The van der Waals surface area contributed by atoms with E-state index in [0.717, 1.165) is 10.9 Å². The van der Waals surface area contributed by atoms with Crippen LogP contribution in [-0.4, -0.2) is 11.1 Å². The van der Waals surface area contributed by atoms with Gasteiger partial charge in [-0.15, -0.1) is 0 Å². The maximum absolute atomic E-state index is 11.9. The number of aryl methyl sites for hydroxylation is 1. The van der Waals surface area contributed by atoms with Gasteiger partial charge in [-0.05, 0) is 44.4 Å². The number of phenols is 1. The normalized spacial score (nSPS) is 15.9. The molecule has 2 N–H and O–H groups in total. The number of fused-ring (bicyclic) bond motifs is 1.